The molecule has 0 bridgehead atoms. The van der Waals surface area contributed by atoms with Gasteiger partial charge in [-0.3, -0.25) is 4.79 Å². The van der Waals surface area contributed by atoms with E-state index in [0.29, 0.717) is 30.4 Å². The molecular formula is C15H21BrN2OS. The third-order valence-electron chi connectivity index (χ3n) is 2.92. The third-order valence-corrected chi connectivity index (χ3v) is 3.62. The number of thiocarbonyl (C=S) groups is 1. The van der Waals surface area contributed by atoms with Gasteiger partial charge >= 0.3 is 0 Å². The van der Waals surface area contributed by atoms with Gasteiger partial charge in [-0.05, 0) is 36.6 Å². The minimum atomic E-state index is 0.0416. The average Bonchev–Trinajstić information content (AvgIpc) is 2.33. The van der Waals surface area contributed by atoms with Gasteiger partial charge in [-0.15, -0.1) is 0 Å². The number of rotatable bonds is 6. The van der Waals surface area contributed by atoms with Gasteiger partial charge in [0.1, 0.15) is 0 Å². The molecule has 0 heterocycles. The number of nitrogens with zero attached hydrogens (tertiary/aromatic N) is 1. The lowest BCUT2D eigenvalue weighted by atomic mass is 10.1. The molecule has 3 nitrogen and oxygen atoms in total. The number of carbonyl (C=O) groups excluding carboxylic acids is 1. The summed E-state index contributed by atoms with van der Waals surface area (Å²) in [6.07, 6.45) is 0.559. The van der Waals surface area contributed by atoms with Gasteiger partial charge in [0.2, 0.25) is 0 Å². The maximum absolute atomic E-state index is 12.7. The Kier molecular flexibility index (Phi) is 6.62. The predicted molar refractivity (Wildman–Crippen MR) is 91.0 cm³/mol. The highest BCUT2D eigenvalue weighted by Gasteiger charge is 2.18. The third kappa shape index (κ3) is 5.21. The Labute approximate surface area is 134 Å². The first-order valence-electron chi connectivity index (χ1n) is 6.65. The van der Waals surface area contributed by atoms with Gasteiger partial charge in [-0.25, -0.2) is 0 Å². The van der Waals surface area contributed by atoms with Crippen LogP contribution in [0.3, 0.4) is 0 Å². The van der Waals surface area contributed by atoms with E-state index < -0.39 is 0 Å². The van der Waals surface area contributed by atoms with Crippen LogP contribution in [0.1, 0.15) is 36.2 Å². The molecule has 1 rings (SSSR count). The Balaban J connectivity index is 2.93. The molecular weight excluding hydrogens is 336 g/mol. The monoisotopic (exact) mass is 356 g/mol. The fourth-order valence-electron chi connectivity index (χ4n) is 2.00. The van der Waals surface area contributed by atoms with Crippen molar-refractivity contribution in [2.75, 3.05) is 13.1 Å². The van der Waals surface area contributed by atoms with Crippen molar-refractivity contribution in [2.24, 2.45) is 11.7 Å². The Morgan fingerprint density at radius 3 is 2.60 bits per heavy atom. The van der Waals surface area contributed by atoms with Gasteiger partial charge in [0.15, 0.2) is 0 Å². The van der Waals surface area contributed by atoms with E-state index in [1.54, 1.807) is 0 Å². The van der Waals surface area contributed by atoms with Crippen molar-refractivity contribution in [2.45, 2.75) is 27.2 Å². The summed E-state index contributed by atoms with van der Waals surface area (Å²) in [5.41, 5.74) is 7.25. The molecule has 1 aromatic carbocycles. The number of aryl methyl sites for hydroxylation is 1. The van der Waals surface area contributed by atoms with E-state index in [4.69, 9.17) is 18.0 Å². The molecule has 0 unspecified atom stereocenters. The van der Waals surface area contributed by atoms with E-state index in [0.717, 1.165) is 15.6 Å². The first-order chi connectivity index (χ1) is 9.31. The number of halogens is 1. The van der Waals surface area contributed by atoms with Gasteiger partial charge in [-0.2, -0.15) is 0 Å². The van der Waals surface area contributed by atoms with E-state index in [1.807, 2.05) is 30.0 Å². The molecule has 0 saturated carbocycles. The van der Waals surface area contributed by atoms with Crippen molar-refractivity contribution in [3.8, 4) is 0 Å². The van der Waals surface area contributed by atoms with Gasteiger partial charge < -0.3 is 10.6 Å². The lowest BCUT2D eigenvalue weighted by Crippen LogP contribution is -2.36. The molecule has 1 aromatic rings. The van der Waals surface area contributed by atoms with Gasteiger partial charge in [0.05, 0.1) is 4.99 Å². The van der Waals surface area contributed by atoms with Crippen LogP contribution in [-0.4, -0.2) is 28.9 Å². The van der Waals surface area contributed by atoms with Crippen LogP contribution < -0.4 is 5.73 Å². The minimum Gasteiger partial charge on any atom is -0.393 e. The first kappa shape index (κ1) is 17.1. The molecule has 0 atom stereocenters. The summed E-state index contributed by atoms with van der Waals surface area (Å²) in [7, 11) is 0. The van der Waals surface area contributed by atoms with E-state index in [2.05, 4.69) is 29.8 Å². The van der Waals surface area contributed by atoms with Crippen molar-refractivity contribution in [1.82, 2.24) is 4.90 Å². The van der Waals surface area contributed by atoms with Crippen molar-refractivity contribution < 1.29 is 4.79 Å². The first-order valence-corrected chi connectivity index (χ1v) is 7.85. The van der Waals surface area contributed by atoms with Gasteiger partial charge in [0.25, 0.3) is 5.91 Å². The molecule has 0 fully saturated rings. The normalized spacial score (nSPS) is 10.7. The van der Waals surface area contributed by atoms with Crippen molar-refractivity contribution in [1.29, 1.82) is 0 Å². The summed E-state index contributed by atoms with van der Waals surface area (Å²) in [6.45, 7) is 7.41. The Bertz CT molecular complexity index is 503. The van der Waals surface area contributed by atoms with Crippen molar-refractivity contribution in [3.05, 3.63) is 33.8 Å². The fraction of sp³-hybridized carbons (Fsp3) is 0.467. The van der Waals surface area contributed by atoms with E-state index >= 15 is 0 Å². The van der Waals surface area contributed by atoms with Gasteiger partial charge in [-0.1, -0.05) is 42.0 Å². The van der Waals surface area contributed by atoms with Gasteiger partial charge in [0, 0.05) is 29.5 Å². The molecule has 0 aliphatic carbocycles. The Hall–Kier alpha value is -0.940. The van der Waals surface area contributed by atoms with E-state index in [9.17, 15) is 4.79 Å². The number of nitrogens with two attached hydrogens (primary N) is 1. The minimum absolute atomic E-state index is 0.0416. The maximum atomic E-state index is 12.7. The van der Waals surface area contributed by atoms with Crippen LogP contribution >= 0.6 is 28.1 Å². The van der Waals surface area contributed by atoms with Crippen LogP contribution in [-0.2, 0) is 0 Å². The van der Waals surface area contributed by atoms with Crippen LogP contribution in [0, 0.1) is 12.8 Å². The molecule has 20 heavy (non-hydrogen) atoms. The molecule has 110 valence electrons. The number of amides is 1. The molecule has 0 aliphatic heterocycles. The van der Waals surface area contributed by atoms with Crippen molar-refractivity contribution >= 4 is 39.0 Å². The van der Waals surface area contributed by atoms with Crippen LogP contribution in [0.4, 0.5) is 0 Å². The topological polar surface area (TPSA) is 46.3 Å². The zero-order valence-electron chi connectivity index (χ0n) is 12.1. The van der Waals surface area contributed by atoms with Crippen LogP contribution in [0.2, 0.25) is 0 Å². The number of benzene rings is 1. The smallest absolute Gasteiger partial charge is 0.254 e. The molecule has 1 amide bonds. The maximum Gasteiger partial charge on any atom is 0.254 e. The quantitative estimate of drug-likeness (QED) is 0.793. The highest BCUT2D eigenvalue weighted by molar-refractivity contribution is 9.10. The highest BCUT2D eigenvalue weighted by Crippen LogP contribution is 2.18. The zero-order valence-corrected chi connectivity index (χ0v) is 14.6. The van der Waals surface area contributed by atoms with Crippen molar-refractivity contribution in [3.63, 3.8) is 0 Å². The molecule has 0 radical (unpaired) electrons. The predicted octanol–water partition coefficient (Wildman–Crippen LogP) is 3.53. The summed E-state index contributed by atoms with van der Waals surface area (Å²) in [5, 5.41) is 0. The van der Waals surface area contributed by atoms with Crippen LogP contribution in [0.15, 0.2) is 22.7 Å². The number of hydrogen-bond donors (Lipinski definition) is 1. The summed E-state index contributed by atoms with van der Waals surface area (Å²) in [6, 6.07) is 5.70. The molecule has 0 saturated heterocycles. The molecule has 2 N–H and O–H groups in total. The second-order valence-corrected chi connectivity index (χ2v) is 6.76. The van der Waals surface area contributed by atoms with E-state index in [-0.39, 0.29) is 5.91 Å². The second-order valence-electron chi connectivity index (χ2n) is 5.32. The summed E-state index contributed by atoms with van der Waals surface area (Å²) in [5.74, 6) is 0.445. The SMILES string of the molecule is Cc1cc(Br)ccc1C(=O)N(CCC(N)=S)CC(C)C. The Morgan fingerprint density at radius 2 is 2.10 bits per heavy atom. The number of hydrogen-bond acceptors (Lipinski definition) is 2. The standard InChI is InChI=1S/C15H21BrN2OS/c1-10(2)9-18(7-6-14(17)20)15(19)13-5-4-12(16)8-11(13)3/h4-5,8,10H,6-7,9H2,1-3H3,(H2,17,20). The summed E-state index contributed by atoms with van der Waals surface area (Å²) >= 11 is 8.32. The summed E-state index contributed by atoms with van der Waals surface area (Å²) < 4.78 is 0.977. The Morgan fingerprint density at radius 1 is 1.45 bits per heavy atom. The van der Waals surface area contributed by atoms with Crippen LogP contribution in [0.5, 0.6) is 0 Å². The molecule has 0 aromatic heterocycles. The summed E-state index contributed by atoms with van der Waals surface area (Å²) in [4.78, 5) is 14.9. The second kappa shape index (κ2) is 7.74. The fourth-order valence-corrected chi connectivity index (χ4v) is 2.57. The zero-order chi connectivity index (χ0) is 15.3. The highest BCUT2D eigenvalue weighted by atomic mass is 79.9. The molecule has 0 aliphatic rings. The molecule has 0 spiro atoms. The largest absolute Gasteiger partial charge is 0.393 e. The lowest BCUT2D eigenvalue weighted by molar-refractivity contribution is 0.0740. The van der Waals surface area contributed by atoms with Crippen LogP contribution in [0.25, 0.3) is 0 Å². The lowest BCUT2D eigenvalue weighted by Gasteiger charge is -2.25. The molecule has 5 heteroatoms. The van der Waals surface area contributed by atoms with E-state index in [1.165, 1.54) is 0 Å². The average molecular weight is 357 g/mol. The number of carbonyl (C=O) groups is 1.